The Labute approximate surface area is 169 Å². The number of nitrogens with one attached hydrogen (secondary N) is 1. The number of sulfonamides is 1. The average molecular weight is 431 g/mol. The number of hydrogen-bond acceptors (Lipinski definition) is 4. The molecule has 0 atom stereocenters. The van der Waals surface area contributed by atoms with Crippen molar-refractivity contribution in [1.29, 1.82) is 0 Å². The van der Waals surface area contributed by atoms with Gasteiger partial charge >= 0.3 is 0 Å². The highest BCUT2D eigenvalue weighted by Crippen LogP contribution is 2.28. The summed E-state index contributed by atoms with van der Waals surface area (Å²) in [5.41, 5.74) is 0.583. The van der Waals surface area contributed by atoms with Gasteiger partial charge in [-0.05, 0) is 42.5 Å². The molecule has 0 saturated carbocycles. The van der Waals surface area contributed by atoms with Crippen molar-refractivity contribution in [3.05, 3.63) is 52.5 Å². The molecular weight excluding hydrogens is 411 g/mol. The zero-order valence-electron chi connectivity index (χ0n) is 14.9. The van der Waals surface area contributed by atoms with Gasteiger partial charge in [-0.3, -0.25) is 4.79 Å². The molecule has 1 N–H and O–H groups in total. The van der Waals surface area contributed by atoms with Crippen molar-refractivity contribution in [1.82, 2.24) is 4.31 Å². The van der Waals surface area contributed by atoms with E-state index in [4.69, 9.17) is 27.9 Å². The van der Waals surface area contributed by atoms with E-state index in [1.165, 1.54) is 22.5 Å². The predicted molar refractivity (Wildman–Crippen MR) is 107 cm³/mol. The van der Waals surface area contributed by atoms with Gasteiger partial charge in [-0.2, -0.15) is 4.31 Å². The van der Waals surface area contributed by atoms with Crippen LogP contribution in [-0.2, 0) is 14.8 Å². The Morgan fingerprint density at radius 3 is 2.26 bits per heavy atom. The third kappa shape index (κ3) is 5.59. The Balaban J connectivity index is 2.03. The van der Waals surface area contributed by atoms with Gasteiger partial charge in [0.2, 0.25) is 10.0 Å². The standard InChI is InChI=1S/C18H20Cl2N2O4S/c1-3-22(4-2)27(24,25)15-9-10-17(16(20)11-15)26-12-18(23)21-14-7-5-13(19)6-8-14/h5-11H,3-4,12H2,1-2H3,(H,21,23). The molecule has 0 bridgehead atoms. The highest BCUT2D eigenvalue weighted by atomic mass is 35.5. The topological polar surface area (TPSA) is 75.7 Å². The summed E-state index contributed by atoms with van der Waals surface area (Å²) in [5.74, 6) is -0.158. The van der Waals surface area contributed by atoms with E-state index in [-0.39, 0.29) is 28.2 Å². The molecule has 0 heterocycles. The molecule has 0 aliphatic carbocycles. The van der Waals surface area contributed by atoms with Crippen molar-refractivity contribution >= 4 is 44.8 Å². The molecule has 2 rings (SSSR count). The molecular formula is C18H20Cl2N2O4S. The molecule has 2 aromatic rings. The first-order chi connectivity index (χ1) is 12.8. The third-order valence-electron chi connectivity index (χ3n) is 3.73. The summed E-state index contributed by atoms with van der Waals surface area (Å²) in [6.07, 6.45) is 0. The Morgan fingerprint density at radius 1 is 1.07 bits per heavy atom. The molecule has 1 amide bonds. The molecule has 0 aliphatic heterocycles. The number of carbonyl (C=O) groups is 1. The Morgan fingerprint density at radius 2 is 1.70 bits per heavy atom. The number of amides is 1. The minimum absolute atomic E-state index is 0.0779. The smallest absolute Gasteiger partial charge is 0.262 e. The van der Waals surface area contributed by atoms with Crippen molar-refractivity contribution in [2.75, 3.05) is 25.0 Å². The lowest BCUT2D eigenvalue weighted by Crippen LogP contribution is -2.30. The fourth-order valence-corrected chi connectivity index (χ4v) is 4.26. The molecule has 0 radical (unpaired) electrons. The quantitative estimate of drug-likeness (QED) is 0.685. The summed E-state index contributed by atoms with van der Waals surface area (Å²) in [6, 6.07) is 10.8. The fourth-order valence-electron chi connectivity index (χ4n) is 2.35. The molecule has 2 aromatic carbocycles. The van der Waals surface area contributed by atoms with Crippen LogP contribution in [0.4, 0.5) is 5.69 Å². The van der Waals surface area contributed by atoms with Gasteiger partial charge in [0.25, 0.3) is 5.91 Å². The van der Waals surface area contributed by atoms with Crippen molar-refractivity contribution < 1.29 is 17.9 Å². The lowest BCUT2D eigenvalue weighted by atomic mass is 10.3. The SMILES string of the molecule is CCN(CC)S(=O)(=O)c1ccc(OCC(=O)Nc2ccc(Cl)cc2)c(Cl)c1. The summed E-state index contributed by atoms with van der Waals surface area (Å²) >= 11 is 11.9. The minimum Gasteiger partial charge on any atom is -0.482 e. The van der Waals surface area contributed by atoms with Gasteiger partial charge in [0.05, 0.1) is 9.92 Å². The largest absolute Gasteiger partial charge is 0.482 e. The Hall–Kier alpha value is -1.80. The van der Waals surface area contributed by atoms with Gasteiger partial charge in [-0.25, -0.2) is 8.42 Å². The van der Waals surface area contributed by atoms with Crippen molar-refractivity contribution in [2.45, 2.75) is 18.7 Å². The minimum atomic E-state index is -3.61. The number of anilines is 1. The third-order valence-corrected chi connectivity index (χ3v) is 6.33. The maximum absolute atomic E-state index is 12.5. The second-order valence-electron chi connectivity index (χ2n) is 5.53. The van der Waals surface area contributed by atoms with Crippen molar-refractivity contribution in [3.8, 4) is 5.75 Å². The van der Waals surface area contributed by atoms with Crippen LogP contribution in [0.2, 0.25) is 10.0 Å². The Bertz CT molecular complexity index is 898. The van der Waals surface area contributed by atoms with E-state index in [2.05, 4.69) is 5.32 Å². The summed E-state index contributed by atoms with van der Waals surface area (Å²) in [6.45, 7) is 3.97. The maximum Gasteiger partial charge on any atom is 0.262 e. The highest BCUT2D eigenvalue weighted by molar-refractivity contribution is 7.89. The van der Waals surface area contributed by atoms with Gasteiger partial charge in [-0.15, -0.1) is 0 Å². The Kier molecular flexibility index (Phi) is 7.49. The first-order valence-corrected chi connectivity index (χ1v) is 10.5. The number of hydrogen-bond donors (Lipinski definition) is 1. The predicted octanol–water partition coefficient (Wildman–Crippen LogP) is 4.04. The van der Waals surface area contributed by atoms with Crippen LogP contribution < -0.4 is 10.1 Å². The highest BCUT2D eigenvalue weighted by Gasteiger charge is 2.22. The molecule has 0 aliphatic rings. The zero-order chi connectivity index (χ0) is 20.0. The number of rotatable bonds is 8. The van der Waals surface area contributed by atoms with Crippen LogP contribution in [0.5, 0.6) is 5.75 Å². The van der Waals surface area contributed by atoms with E-state index in [0.29, 0.717) is 23.8 Å². The lowest BCUT2D eigenvalue weighted by molar-refractivity contribution is -0.118. The van der Waals surface area contributed by atoms with Crippen molar-refractivity contribution in [3.63, 3.8) is 0 Å². The molecule has 0 spiro atoms. The van der Waals surface area contributed by atoms with Gasteiger partial charge < -0.3 is 10.1 Å². The summed E-state index contributed by atoms with van der Waals surface area (Å²) in [4.78, 5) is 12.0. The zero-order valence-corrected chi connectivity index (χ0v) is 17.2. The molecule has 0 saturated heterocycles. The number of ether oxygens (including phenoxy) is 1. The van der Waals surface area contributed by atoms with E-state index in [1.54, 1.807) is 38.1 Å². The van der Waals surface area contributed by atoms with Crippen LogP contribution >= 0.6 is 23.2 Å². The van der Waals surface area contributed by atoms with Crippen LogP contribution in [0.25, 0.3) is 0 Å². The van der Waals surface area contributed by atoms with Gasteiger partial charge in [0.15, 0.2) is 6.61 Å². The molecule has 0 aromatic heterocycles. The summed E-state index contributed by atoms with van der Waals surface area (Å²) < 4.78 is 31.7. The van der Waals surface area contributed by atoms with Crippen LogP contribution in [-0.4, -0.2) is 38.3 Å². The molecule has 146 valence electrons. The normalized spacial score (nSPS) is 11.4. The van der Waals surface area contributed by atoms with E-state index in [0.717, 1.165) is 0 Å². The van der Waals surface area contributed by atoms with Crippen LogP contribution in [0.15, 0.2) is 47.4 Å². The van der Waals surface area contributed by atoms with E-state index in [9.17, 15) is 13.2 Å². The molecule has 27 heavy (non-hydrogen) atoms. The van der Waals surface area contributed by atoms with E-state index < -0.39 is 10.0 Å². The van der Waals surface area contributed by atoms with E-state index >= 15 is 0 Å². The second-order valence-corrected chi connectivity index (χ2v) is 8.31. The molecule has 0 fully saturated rings. The maximum atomic E-state index is 12.5. The van der Waals surface area contributed by atoms with E-state index in [1.807, 2.05) is 0 Å². The first kappa shape index (κ1) is 21.5. The van der Waals surface area contributed by atoms with Gasteiger partial charge in [0, 0.05) is 23.8 Å². The van der Waals surface area contributed by atoms with Crippen LogP contribution in [0, 0.1) is 0 Å². The molecule has 6 nitrogen and oxygen atoms in total. The number of nitrogens with zero attached hydrogens (tertiary/aromatic N) is 1. The van der Waals surface area contributed by atoms with Crippen LogP contribution in [0.3, 0.4) is 0 Å². The van der Waals surface area contributed by atoms with Gasteiger partial charge in [0.1, 0.15) is 5.75 Å². The summed E-state index contributed by atoms with van der Waals surface area (Å²) in [7, 11) is -3.61. The monoisotopic (exact) mass is 430 g/mol. The number of carbonyl (C=O) groups excluding carboxylic acids is 1. The van der Waals surface area contributed by atoms with Crippen LogP contribution in [0.1, 0.15) is 13.8 Å². The second kappa shape index (κ2) is 9.41. The molecule has 9 heteroatoms. The summed E-state index contributed by atoms with van der Waals surface area (Å²) in [5, 5.41) is 3.34. The molecule has 0 unspecified atom stereocenters. The lowest BCUT2D eigenvalue weighted by Gasteiger charge is -2.19. The fraction of sp³-hybridized carbons (Fsp3) is 0.278. The average Bonchev–Trinajstić information content (AvgIpc) is 2.63. The van der Waals surface area contributed by atoms with Crippen molar-refractivity contribution in [2.24, 2.45) is 0 Å². The number of halogens is 2. The number of benzene rings is 2. The first-order valence-electron chi connectivity index (χ1n) is 8.25. The van der Waals surface area contributed by atoms with Gasteiger partial charge in [-0.1, -0.05) is 37.0 Å².